The lowest BCUT2D eigenvalue weighted by atomic mass is 10.2. The van der Waals surface area contributed by atoms with Crippen molar-refractivity contribution < 1.29 is 4.79 Å². The largest absolute Gasteiger partial charge is 0.365 e. The average molecular weight is 213 g/mol. The van der Waals surface area contributed by atoms with E-state index in [0.717, 1.165) is 11.8 Å². The standard InChI is InChI=1S/C12H11N3O/c16-9-11-4-2-6-14-12(11)15-8-10-3-1-5-13-7-10/h1-7,9H,8H2,(H,14,15). The van der Waals surface area contributed by atoms with Crippen LogP contribution in [0.4, 0.5) is 5.82 Å². The molecule has 0 amide bonds. The van der Waals surface area contributed by atoms with Crippen molar-refractivity contribution in [1.82, 2.24) is 9.97 Å². The second kappa shape index (κ2) is 5.02. The van der Waals surface area contributed by atoms with Crippen LogP contribution in [0.1, 0.15) is 15.9 Å². The quantitative estimate of drug-likeness (QED) is 0.788. The molecule has 0 aromatic carbocycles. The molecule has 2 aromatic heterocycles. The molecule has 0 aliphatic carbocycles. The molecule has 4 nitrogen and oxygen atoms in total. The molecule has 0 aliphatic heterocycles. The monoisotopic (exact) mass is 213 g/mol. The minimum Gasteiger partial charge on any atom is -0.365 e. The lowest BCUT2D eigenvalue weighted by Crippen LogP contribution is -2.04. The van der Waals surface area contributed by atoms with Crippen molar-refractivity contribution >= 4 is 12.1 Å². The van der Waals surface area contributed by atoms with Crippen molar-refractivity contribution in [1.29, 1.82) is 0 Å². The third kappa shape index (κ3) is 2.42. The Bertz CT molecular complexity index is 471. The second-order valence-electron chi connectivity index (χ2n) is 3.27. The number of hydrogen-bond acceptors (Lipinski definition) is 4. The van der Waals surface area contributed by atoms with E-state index in [2.05, 4.69) is 15.3 Å². The van der Waals surface area contributed by atoms with Crippen molar-refractivity contribution in [3.8, 4) is 0 Å². The Balaban J connectivity index is 2.08. The number of rotatable bonds is 4. The molecule has 0 radical (unpaired) electrons. The van der Waals surface area contributed by atoms with Gasteiger partial charge in [-0.2, -0.15) is 0 Å². The van der Waals surface area contributed by atoms with Gasteiger partial charge in [0, 0.05) is 25.1 Å². The Kier molecular flexibility index (Phi) is 3.23. The Hall–Kier alpha value is -2.23. The minimum atomic E-state index is 0.561. The van der Waals surface area contributed by atoms with Crippen LogP contribution in [0.5, 0.6) is 0 Å². The van der Waals surface area contributed by atoms with Crippen LogP contribution in [0.25, 0.3) is 0 Å². The summed E-state index contributed by atoms with van der Waals surface area (Å²) in [6.07, 6.45) is 5.94. The van der Waals surface area contributed by atoms with Crippen LogP contribution in [0.3, 0.4) is 0 Å². The number of carbonyl (C=O) groups excluding carboxylic acids is 1. The van der Waals surface area contributed by atoms with Crippen molar-refractivity contribution in [3.05, 3.63) is 54.0 Å². The van der Waals surface area contributed by atoms with E-state index in [0.29, 0.717) is 17.9 Å². The third-order valence-electron chi connectivity index (χ3n) is 2.15. The van der Waals surface area contributed by atoms with Gasteiger partial charge in [-0.15, -0.1) is 0 Å². The molecule has 2 heterocycles. The molecule has 0 bridgehead atoms. The molecule has 2 rings (SSSR count). The van der Waals surface area contributed by atoms with Gasteiger partial charge >= 0.3 is 0 Å². The van der Waals surface area contributed by atoms with Gasteiger partial charge in [-0.3, -0.25) is 9.78 Å². The fraction of sp³-hybridized carbons (Fsp3) is 0.0833. The number of aromatic nitrogens is 2. The molecular weight excluding hydrogens is 202 g/mol. The summed E-state index contributed by atoms with van der Waals surface area (Å²) < 4.78 is 0. The summed E-state index contributed by atoms with van der Waals surface area (Å²) in [5.41, 5.74) is 1.61. The van der Waals surface area contributed by atoms with Crippen LogP contribution in [-0.2, 0) is 6.54 Å². The van der Waals surface area contributed by atoms with Crippen molar-refractivity contribution in [2.24, 2.45) is 0 Å². The van der Waals surface area contributed by atoms with E-state index in [4.69, 9.17) is 0 Å². The molecule has 0 saturated carbocycles. The van der Waals surface area contributed by atoms with Crippen molar-refractivity contribution in [2.45, 2.75) is 6.54 Å². The van der Waals surface area contributed by atoms with Gasteiger partial charge < -0.3 is 5.32 Å². The summed E-state index contributed by atoms with van der Waals surface area (Å²) in [5, 5.41) is 3.10. The highest BCUT2D eigenvalue weighted by atomic mass is 16.1. The number of nitrogens with one attached hydrogen (secondary N) is 1. The van der Waals surface area contributed by atoms with Gasteiger partial charge in [-0.1, -0.05) is 6.07 Å². The average Bonchev–Trinajstić information content (AvgIpc) is 2.38. The summed E-state index contributed by atoms with van der Waals surface area (Å²) in [5.74, 6) is 0.598. The number of hydrogen-bond donors (Lipinski definition) is 1. The van der Waals surface area contributed by atoms with Crippen LogP contribution in [0, 0.1) is 0 Å². The first kappa shape index (κ1) is 10.3. The Labute approximate surface area is 93.4 Å². The van der Waals surface area contributed by atoms with Gasteiger partial charge in [0.05, 0.1) is 5.56 Å². The van der Waals surface area contributed by atoms with Gasteiger partial charge in [0.15, 0.2) is 6.29 Å². The number of pyridine rings is 2. The maximum absolute atomic E-state index is 10.7. The second-order valence-corrected chi connectivity index (χ2v) is 3.27. The molecule has 1 N–H and O–H groups in total. The van der Waals surface area contributed by atoms with Gasteiger partial charge in [0.2, 0.25) is 0 Å². The summed E-state index contributed by atoms with van der Waals surface area (Å²) in [4.78, 5) is 18.9. The lowest BCUT2D eigenvalue weighted by molar-refractivity contribution is 0.112. The first-order chi connectivity index (χ1) is 7.90. The van der Waals surface area contributed by atoms with Gasteiger partial charge in [-0.05, 0) is 23.8 Å². The molecule has 0 fully saturated rings. The molecule has 4 heteroatoms. The molecule has 0 spiro atoms. The molecule has 0 saturated heterocycles. The zero-order valence-corrected chi connectivity index (χ0v) is 8.63. The lowest BCUT2D eigenvalue weighted by Gasteiger charge is -2.06. The first-order valence-corrected chi connectivity index (χ1v) is 4.93. The van der Waals surface area contributed by atoms with E-state index in [1.54, 1.807) is 30.7 Å². The van der Waals surface area contributed by atoms with E-state index in [9.17, 15) is 4.79 Å². The fourth-order valence-corrected chi connectivity index (χ4v) is 1.35. The van der Waals surface area contributed by atoms with Crippen LogP contribution in [0.15, 0.2) is 42.9 Å². The van der Waals surface area contributed by atoms with E-state index < -0.39 is 0 Å². The summed E-state index contributed by atoms with van der Waals surface area (Å²) in [6, 6.07) is 7.30. The maximum Gasteiger partial charge on any atom is 0.153 e. The van der Waals surface area contributed by atoms with Crippen molar-refractivity contribution in [3.63, 3.8) is 0 Å². The van der Waals surface area contributed by atoms with Gasteiger partial charge in [0.1, 0.15) is 5.82 Å². The summed E-state index contributed by atoms with van der Waals surface area (Å²) >= 11 is 0. The number of carbonyl (C=O) groups is 1. The Morgan fingerprint density at radius 3 is 2.88 bits per heavy atom. The third-order valence-corrected chi connectivity index (χ3v) is 2.15. The molecule has 0 unspecified atom stereocenters. The van der Waals surface area contributed by atoms with Crippen LogP contribution >= 0.6 is 0 Å². The molecular formula is C12H11N3O. The normalized spacial score (nSPS) is 9.75. The van der Waals surface area contributed by atoms with Crippen LogP contribution < -0.4 is 5.32 Å². The zero-order valence-electron chi connectivity index (χ0n) is 8.63. The van der Waals surface area contributed by atoms with E-state index in [1.165, 1.54) is 0 Å². The smallest absolute Gasteiger partial charge is 0.153 e. The molecule has 16 heavy (non-hydrogen) atoms. The highest BCUT2D eigenvalue weighted by Gasteiger charge is 2.00. The Morgan fingerprint density at radius 1 is 1.25 bits per heavy atom. The van der Waals surface area contributed by atoms with Gasteiger partial charge in [0.25, 0.3) is 0 Å². The zero-order chi connectivity index (χ0) is 11.2. The number of aldehydes is 1. The number of nitrogens with zero attached hydrogens (tertiary/aromatic N) is 2. The van der Waals surface area contributed by atoms with Gasteiger partial charge in [-0.25, -0.2) is 4.98 Å². The van der Waals surface area contributed by atoms with Crippen LogP contribution in [-0.4, -0.2) is 16.3 Å². The van der Waals surface area contributed by atoms with Crippen LogP contribution in [0.2, 0.25) is 0 Å². The highest BCUT2D eigenvalue weighted by Crippen LogP contribution is 2.09. The molecule has 80 valence electrons. The highest BCUT2D eigenvalue weighted by molar-refractivity contribution is 5.82. The topological polar surface area (TPSA) is 54.9 Å². The van der Waals surface area contributed by atoms with E-state index >= 15 is 0 Å². The molecule has 0 atom stereocenters. The fourth-order valence-electron chi connectivity index (χ4n) is 1.35. The SMILES string of the molecule is O=Cc1cccnc1NCc1cccnc1. The predicted octanol–water partition coefficient (Wildman–Crippen LogP) is 1.90. The predicted molar refractivity (Wildman–Crippen MR) is 61.2 cm³/mol. The maximum atomic E-state index is 10.7. The van der Waals surface area contributed by atoms with Crippen molar-refractivity contribution in [2.75, 3.05) is 5.32 Å². The van der Waals surface area contributed by atoms with E-state index in [-0.39, 0.29) is 0 Å². The number of anilines is 1. The summed E-state index contributed by atoms with van der Waals surface area (Å²) in [6.45, 7) is 0.603. The molecule has 0 aliphatic rings. The molecule has 2 aromatic rings. The first-order valence-electron chi connectivity index (χ1n) is 4.93. The minimum absolute atomic E-state index is 0.561. The van der Waals surface area contributed by atoms with E-state index in [1.807, 2.05) is 12.1 Å². The summed E-state index contributed by atoms with van der Waals surface area (Å²) in [7, 11) is 0. The Morgan fingerprint density at radius 2 is 2.12 bits per heavy atom.